The largest absolute Gasteiger partial charge is 0.350 e. The van der Waals surface area contributed by atoms with Gasteiger partial charge in [-0.2, -0.15) is 0 Å². The number of nitrogens with two attached hydrogens (primary N) is 1. The molecule has 94 valence electrons. The minimum absolute atomic E-state index is 0.0827. The first-order valence-corrected chi connectivity index (χ1v) is 6.06. The molecular weight excluding hydrogens is 212 g/mol. The maximum atomic E-state index is 11.9. The predicted molar refractivity (Wildman–Crippen MR) is 70.6 cm³/mol. The van der Waals surface area contributed by atoms with Crippen molar-refractivity contribution in [1.82, 2.24) is 5.32 Å². The van der Waals surface area contributed by atoms with Crippen LogP contribution in [0.15, 0.2) is 30.3 Å². The van der Waals surface area contributed by atoms with Crippen LogP contribution in [0.25, 0.3) is 0 Å². The van der Waals surface area contributed by atoms with Gasteiger partial charge in [0.25, 0.3) is 0 Å². The number of carbonyl (C=O) groups excluding carboxylic acids is 1. The molecule has 0 saturated carbocycles. The molecule has 3 heteroatoms. The summed E-state index contributed by atoms with van der Waals surface area (Å²) >= 11 is 0. The van der Waals surface area contributed by atoms with E-state index in [1.165, 1.54) is 0 Å². The van der Waals surface area contributed by atoms with Gasteiger partial charge in [0.15, 0.2) is 0 Å². The Morgan fingerprint density at radius 1 is 1.35 bits per heavy atom. The monoisotopic (exact) mass is 234 g/mol. The Hall–Kier alpha value is -1.35. The van der Waals surface area contributed by atoms with Crippen LogP contribution in [0.2, 0.25) is 0 Å². The maximum Gasteiger partial charge on any atom is 0.237 e. The lowest BCUT2D eigenvalue weighted by Gasteiger charge is -2.26. The first-order chi connectivity index (χ1) is 7.94. The molecule has 0 fully saturated rings. The van der Waals surface area contributed by atoms with Gasteiger partial charge in [0.05, 0.1) is 6.04 Å². The van der Waals surface area contributed by atoms with Gasteiger partial charge < -0.3 is 11.1 Å². The van der Waals surface area contributed by atoms with E-state index in [9.17, 15) is 4.79 Å². The van der Waals surface area contributed by atoms with Crippen molar-refractivity contribution in [3.63, 3.8) is 0 Å². The molecule has 0 saturated heterocycles. The average molecular weight is 234 g/mol. The number of benzene rings is 1. The van der Waals surface area contributed by atoms with Gasteiger partial charge in [-0.3, -0.25) is 4.79 Å². The minimum Gasteiger partial charge on any atom is -0.350 e. The second-order valence-corrected chi connectivity index (χ2v) is 5.02. The van der Waals surface area contributed by atoms with Crippen LogP contribution in [0.5, 0.6) is 0 Å². The van der Waals surface area contributed by atoms with Crippen LogP contribution < -0.4 is 11.1 Å². The van der Waals surface area contributed by atoms with Gasteiger partial charge in [0.2, 0.25) is 5.91 Å². The normalized spacial score (nSPS) is 13.2. The molecular formula is C14H22N2O. The summed E-state index contributed by atoms with van der Waals surface area (Å²) in [6.07, 6.45) is 1.46. The van der Waals surface area contributed by atoms with E-state index in [1.807, 2.05) is 51.1 Å². The fourth-order valence-electron chi connectivity index (χ4n) is 1.48. The van der Waals surface area contributed by atoms with Crippen LogP contribution in [0, 0.1) is 0 Å². The molecule has 1 rings (SSSR count). The summed E-state index contributed by atoms with van der Waals surface area (Å²) in [5.41, 5.74) is 6.80. The molecule has 0 aliphatic rings. The van der Waals surface area contributed by atoms with Crippen LogP contribution in [-0.2, 0) is 11.2 Å². The van der Waals surface area contributed by atoms with Crippen molar-refractivity contribution in [1.29, 1.82) is 0 Å². The lowest BCUT2D eigenvalue weighted by molar-refractivity contribution is -0.124. The Bertz CT molecular complexity index is 360. The molecule has 0 bridgehead atoms. The molecule has 3 nitrogen and oxygen atoms in total. The van der Waals surface area contributed by atoms with E-state index in [4.69, 9.17) is 5.73 Å². The fraction of sp³-hybridized carbons (Fsp3) is 0.500. The van der Waals surface area contributed by atoms with Crippen LogP contribution in [-0.4, -0.2) is 17.5 Å². The quantitative estimate of drug-likeness (QED) is 0.817. The van der Waals surface area contributed by atoms with Gasteiger partial charge in [-0.1, -0.05) is 37.3 Å². The summed E-state index contributed by atoms with van der Waals surface area (Å²) < 4.78 is 0. The Morgan fingerprint density at radius 3 is 2.47 bits per heavy atom. The summed E-state index contributed by atoms with van der Waals surface area (Å²) in [6.45, 7) is 6.04. The lowest BCUT2D eigenvalue weighted by atomic mass is 10.00. The molecule has 0 spiro atoms. The van der Waals surface area contributed by atoms with E-state index in [0.717, 1.165) is 12.0 Å². The third-order valence-electron chi connectivity index (χ3n) is 2.98. The second-order valence-electron chi connectivity index (χ2n) is 5.02. The third-order valence-corrected chi connectivity index (χ3v) is 2.98. The second kappa shape index (κ2) is 5.82. The zero-order chi connectivity index (χ0) is 12.9. The molecule has 1 aromatic carbocycles. The van der Waals surface area contributed by atoms with Crippen LogP contribution in [0.3, 0.4) is 0 Å². The highest BCUT2D eigenvalue weighted by Crippen LogP contribution is 2.08. The van der Waals surface area contributed by atoms with E-state index in [1.54, 1.807) is 0 Å². The molecule has 1 aromatic rings. The third kappa shape index (κ3) is 4.57. The van der Waals surface area contributed by atoms with Gasteiger partial charge in [-0.05, 0) is 32.3 Å². The van der Waals surface area contributed by atoms with Crippen molar-refractivity contribution >= 4 is 5.91 Å². The lowest BCUT2D eigenvalue weighted by Crippen LogP contribution is -2.50. The standard InChI is InChI=1S/C14H22N2O/c1-4-14(2,3)16-13(17)12(15)10-11-8-6-5-7-9-11/h5-9,12H,4,10,15H2,1-3H3,(H,16,17)/t12-/m0/s1. The minimum atomic E-state index is -0.483. The van der Waals surface area contributed by atoms with Crippen molar-refractivity contribution in [2.75, 3.05) is 0 Å². The molecule has 1 amide bonds. The maximum absolute atomic E-state index is 11.9. The molecule has 0 aromatic heterocycles. The number of nitrogens with one attached hydrogen (secondary N) is 1. The molecule has 0 unspecified atom stereocenters. The van der Waals surface area contributed by atoms with E-state index >= 15 is 0 Å². The number of rotatable bonds is 5. The van der Waals surface area contributed by atoms with Gasteiger partial charge in [0, 0.05) is 5.54 Å². The zero-order valence-corrected chi connectivity index (χ0v) is 10.9. The SMILES string of the molecule is CCC(C)(C)NC(=O)[C@@H](N)Cc1ccccc1. The van der Waals surface area contributed by atoms with Crippen molar-refractivity contribution in [3.8, 4) is 0 Å². The Morgan fingerprint density at radius 2 is 1.94 bits per heavy atom. The van der Waals surface area contributed by atoms with Crippen molar-refractivity contribution < 1.29 is 4.79 Å². The van der Waals surface area contributed by atoms with Crippen LogP contribution >= 0.6 is 0 Å². The van der Waals surface area contributed by atoms with Crippen molar-refractivity contribution in [3.05, 3.63) is 35.9 Å². The highest BCUT2D eigenvalue weighted by Gasteiger charge is 2.22. The Labute approximate surface area is 103 Å². The summed E-state index contributed by atoms with van der Waals surface area (Å²) in [6, 6.07) is 9.35. The van der Waals surface area contributed by atoms with Gasteiger partial charge >= 0.3 is 0 Å². The van der Waals surface area contributed by atoms with E-state index < -0.39 is 6.04 Å². The average Bonchev–Trinajstić information content (AvgIpc) is 2.30. The molecule has 3 N–H and O–H groups in total. The Kier molecular flexibility index (Phi) is 4.70. The zero-order valence-electron chi connectivity index (χ0n) is 10.9. The van der Waals surface area contributed by atoms with Crippen molar-refractivity contribution in [2.45, 2.75) is 45.2 Å². The molecule has 0 aliphatic heterocycles. The number of hydrogen-bond acceptors (Lipinski definition) is 2. The summed E-state index contributed by atoms with van der Waals surface area (Å²) in [7, 11) is 0. The van der Waals surface area contributed by atoms with Crippen LogP contribution in [0.1, 0.15) is 32.8 Å². The molecule has 0 heterocycles. The van der Waals surface area contributed by atoms with Gasteiger partial charge in [-0.25, -0.2) is 0 Å². The summed E-state index contributed by atoms with van der Waals surface area (Å²) in [5, 5.41) is 2.96. The van der Waals surface area contributed by atoms with E-state index in [-0.39, 0.29) is 11.4 Å². The molecule has 0 aliphatic carbocycles. The molecule has 17 heavy (non-hydrogen) atoms. The molecule has 0 radical (unpaired) electrons. The topological polar surface area (TPSA) is 55.1 Å². The van der Waals surface area contributed by atoms with E-state index in [0.29, 0.717) is 6.42 Å². The molecule has 1 atom stereocenters. The summed E-state index contributed by atoms with van der Waals surface area (Å²) in [4.78, 5) is 11.9. The first-order valence-electron chi connectivity index (χ1n) is 6.06. The highest BCUT2D eigenvalue weighted by atomic mass is 16.2. The highest BCUT2D eigenvalue weighted by molar-refractivity contribution is 5.82. The number of amides is 1. The van der Waals surface area contributed by atoms with Gasteiger partial charge in [0.1, 0.15) is 0 Å². The fourth-order valence-corrected chi connectivity index (χ4v) is 1.48. The summed E-state index contributed by atoms with van der Waals surface area (Å²) in [5.74, 6) is -0.0827. The first kappa shape index (κ1) is 13.7. The smallest absolute Gasteiger partial charge is 0.237 e. The Balaban J connectivity index is 2.54. The number of carbonyl (C=O) groups is 1. The van der Waals surface area contributed by atoms with Crippen LogP contribution in [0.4, 0.5) is 0 Å². The predicted octanol–water partition coefficient (Wildman–Crippen LogP) is 1.86. The van der Waals surface area contributed by atoms with Gasteiger partial charge in [-0.15, -0.1) is 0 Å². The van der Waals surface area contributed by atoms with Crippen molar-refractivity contribution in [2.24, 2.45) is 5.73 Å². The number of hydrogen-bond donors (Lipinski definition) is 2. The van der Waals surface area contributed by atoms with E-state index in [2.05, 4.69) is 5.32 Å².